The number of aryl methyl sites for hydroxylation is 1. The Bertz CT molecular complexity index is 872. The molecule has 0 radical (unpaired) electrons. The van der Waals surface area contributed by atoms with E-state index >= 15 is 0 Å². The van der Waals surface area contributed by atoms with Crippen molar-refractivity contribution in [3.8, 4) is 22.9 Å². The molecule has 0 bridgehead atoms. The van der Waals surface area contributed by atoms with Crippen molar-refractivity contribution in [3.05, 3.63) is 59.7 Å². The Labute approximate surface area is 152 Å². The quantitative estimate of drug-likeness (QED) is 0.660. The predicted octanol–water partition coefficient (Wildman–Crippen LogP) is 3.48. The van der Waals surface area contributed by atoms with Crippen LogP contribution in [0.1, 0.15) is 22.3 Å². The van der Waals surface area contributed by atoms with Crippen molar-refractivity contribution in [3.63, 3.8) is 0 Å². The van der Waals surface area contributed by atoms with Crippen molar-refractivity contribution in [2.75, 3.05) is 20.3 Å². The summed E-state index contributed by atoms with van der Waals surface area (Å²) in [5.41, 5.74) is 3.37. The lowest BCUT2D eigenvalue weighted by atomic mass is 10.1. The van der Waals surface area contributed by atoms with Gasteiger partial charge in [-0.15, -0.1) is 10.2 Å². The highest BCUT2D eigenvalue weighted by Crippen LogP contribution is 2.24. The molecule has 1 N–H and O–H groups in total. The molecule has 1 aromatic heterocycles. The topological polar surface area (TPSA) is 77.2 Å². The summed E-state index contributed by atoms with van der Waals surface area (Å²) in [6.45, 7) is 3.22. The number of nitrogens with zero attached hydrogens (tertiary/aromatic N) is 2. The first-order valence-electron chi connectivity index (χ1n) is 8.45. The third-order valence-corrected chi connectivity index (χ3v) is 3.89. The maximum atomic E-state index is 12.1. The largest absolute Gasteiger partial charge is 0.416 e. The molecule has 3 rings (SSSR count). The lowest BCUT2D eigenvalue weighted by Crippen LogP contribution is -2.25. The molecule has 1 heterocycles. The first kappa shape index (κ1) is 17.8. The summed E-state index contributed by atoms with van der Waals surface area (Å²) in [4.78, 5) is 12.1. The zero-order valence-electron chi connectivity index (χ0n) is 14.9. The molecule has 6 nitrogen and oxygen atoms in total. The van der Waals surface area contributed by atoms with Gasteiger partial charge in [-0.2, -0.15) is 0 Å². The molecule has 3 aromatic rings. The zero-order chi connectivity index (χ0) is 18.4. The number of amides is 1. The molecule has 1 amide bonds. The van der Waals surface area contributed by atoms with Crippen LogP contribution in [-0.4, -0.2) is 36.4 Å². The first-order valence-corrected chi connectivity index (χ1v) is 8.45. The molecule has 26 heavy (non-hydrogen) atoms. The van der Waals surface area contributed by atoms with Crippen molar-refractivity contribution >= 4 is 5.91 Å². The number of benzene rings is 2. The van der Waals surface area contributed by atoms with Crippen LogP contribution < -0.4 is 5.32 Å². The van der Waals surface area contributed by atoms with E-state index in [9.17, 15) is 4.79 Å². The fourth-order valence-electron chi connectivity index (χ4n) is 2.52. The Kier molecular flexibility index (Phi) is 5.76. The maximum Gasteiger partial charge on any atom is 0.251 e. The summed E-state index contributed by atoms with van der Waals surface area (Å²) in [7, 11) is 1.64. The molecular weight excluding hydrogens is 330 g/mol. The monoisotopic (exact) mass is 351 g/mol. The van der Waals surface area contributed by atoms with Crippen molar-refractivity contribution in [2.45, 2.75) is 13.3 Å². The average molecular weight is 351 g/mol. The Morgan fingerprint density at radius 1 is 1.08 bits per heavy atom. The third kappa shape index (κ3) is 4.34. The summed E-state index contributed by atoms with van der Waals surface area (Å²) in [5.74, 6) is 0.788. The smallest absolute Gasteiger partial charge is 0.251 e. The lowest BCUT2D eigenvalue weighted by molar-refractivity contribution is 0.0948. The van der Waals surface area contributed by atoms with E-state index in [1.165, 1.54) is 0 Å². The molecule has 0 saturated carbocycles. The van der Waals surface area contributed by atoms with Gasteiger partial charge in [-0.25, -0.2) is 0 Å². The summed E-state index contributed by atoms with van der Waals surface area (Å²) in [6, 6.07) is 15.0. The van der Waals surface area contributed by atoms with Gasteiger partial charge in [-0.05, 0) is 49.7 Å². The minimum absolute atomic E-state index is 0.112. The fraction of sp³-hybridized carbons (Fsp3) is 0.250. The molecule has 0 aliphatic heterocycles. The molecule has 0 fully saturated rings. The van der Waals surface area contributed by atoms with Gasteiger partial charge in [0.15, 0.2) is 0 Å². The van der Waals surface area contributed by atoms with Crippen LogP contribution >= 0.6 is 0 Å². The Morgan fingerprint density at radius 2 is 1.81 bits per heavy atom. The summed E-state index contributed by atoms with van der Waals surface area (Å²) < 4.78 is 10.7. The van der Waals surface area contributed by atoms with Crippen molar-refractivity contribution in [2.24, 2.45) is 0 Å². The molecule has 0 unspecified atom stereocenters. The number of ether oxygens (including phenoxy) is 1. The van der Waals surface area contributed by atoms with Crippen LogP contribution in [0.25, 0.3) is 22.9 Å². The van der Waals surface area contributed by atoms with E-state index in [2.05, 4.69) is 15.5 Å². The number of hydrogen-bond acceptors (Lipinski definition) is 5. The van der Waals surface area contributed by atoms with E-state index in [0.29, 0.717) is 30.5 Å². The Hall–Kier alpha value is -2.99. The molecule has 0 spiro atoms. The number of methoxy groups -OCH3 is 1. The average Bonchev–Trinajstić information content (AvgIpc) is 3.15. The third-order valence-electron chi connectivity index (χ3n) is 3.89. The van der Waals surface area contributed by atoms with Crippen LogP contribution in [-0.2, 0) is 4.74 Å². The van der Waals surface area contributed by atoms with Crippen molar-refractivity contribution < 1.29 is 13.9 Å². The van der Waals surface area contributed by atoms with Crippen molar-refractivity contribution in [1.29, 1.82) is 0 Å². The molecule has 6 heteroatoms. The van der Waals surface area contributed by atoms with Gasteiger partial charge in [-0.3, -0.25) is 4.79 Å². The van der Waals surface area contributed by atoms with E-state index in [0.717, 1.165) is 23.1 Å². The van der Waals surface area contributed by atoms with Gasteiger partial charge >= 0.3 is 0 Å². The van der Waals surface area contributed by atoms with Gasteiger partial charge < -0.3 is 14.5 Å². The summed E-state index contributed by atoms with van der Waals surface area (Å²) in [6.07, 6.45) is 0.782. The van der Waals surface area contributed by atoms with Gasteiger partial charge in [0.1, 0.15) is 0 Å². The fourth-order valence-corrected chi connectivity index (χ4v) is 2.52. The lowest BCUT2D eigenvalue weighted by Gasteiger charge is -2.05. The standard InChI is InChI=1S/C20H21N3O3/c1-14-5-3-6-17(13-14)20-23-22-19(26-20)16-9-7-15(8-10-16)18(24)21-11-4-12-25-2/h3,5-10,13H,4,11-12H2,1-2H3,(H,21,24). The summed E-state index contributed by atoms with van der Waals surface area (Å²) in [5, 5.41) is 11.1. The second-order valence-electron chi connectivity index (χ2n) is 5.96. The normalized spacial score (nSPS) is 10.7. The minimum Gasteiger partial charge on any atom is -0.416 e. The Balaban J connectivity index is 1.68. The number of rotatable bonds is 7. The van der Waals surface area contributed by atoms with Gasteiger partial charge in [0, 0.05) is 37.0 Å². The molecule has 2 aromatic carbocycles. The highest BCUT2D eigenvalue weighted by Gasteiger charge is 2.12. The molecule has 0 atom stereocenters. The first-order chi connectivity index (χ1) is 12.7. The molecule has 0 saturated heterocycles. The van der Waals surface area contributed by atoms with Crippen LogP contribution in [0.5, 0.6) is 0 Å². The van der Waals surface area contributed by atoms with Gasteiger partial charge in [0.05, 0.1) is 0 Å². The highest BCUT2D eigenvalue weighted by molar-refractivity contribution is 5.94. The van der Waals surface area contributed by atoms with E-state index in [-0.39, 0.29) is 5.91 Å². The predicted molar refractivity (Wildman–Crippen MR) is 98.7 cm³/mol. The van der Waals surface area contributed by atoms with E-state index in [4.69, 9.17) is 9.15 Å². The van der Waals surface area contributed by atoms with Crippen LogP contribution in [0.4, 0.5) is 0 Å². The molecule has 0 aliphatic carbocycles. The maximum absolute atomic E-state index is 12.1. The number of carbonyl (C=O) groups is 1. The summed E-state index contributed by atoms with van der Waals surface area (Å²) >= 11 is 0. The highest BCUT2D eigenvalue weighted by atomic mass is 16.5. The molecule has 134 valence electrons. The van der Waals surface area contributed by atoms with Gasteiger partial charge in [-0.1, -0.05) is 17.7 Å². The zero-order valence-corrected chi connectivity index (χ0v) is 14.9. The van der Waals surface area contributed by atoms with Crippen LogP contribution in [0.2, 0.25) is 0 Å². The van der Waals surface area contributed by atoms with Crippen molar-refractivity contribution in [1.82, 2.24) is 15.5 Å². The van der Waals surface area contributed by atoms with Crippen LogP contribution in [0, 0.1) is 6.92 Å². The van der Waals surface area contributed by atoms with Gasteiger partial charge in [0.25, 0.3) is 5.91 Å². The number of nitrogens with one attached hydrogen (secondary N) is 1. The van der Waals surface area contributed by atoms with E-state index in [1.54, 1.807) is 31.4 Å². The molecule has 0 aliphatic rings. The minimum atomic E-state index is -0.112. The molecular formula is C20H21N3O3. The van der Waals surface area contributed by atoms with E-state index in [1.807, 2.05) is 31.2 Å². The number of carbonyl (C=O) groups excluding carboxylic acids is 1. The second-order valence-corrected chi connectivity index (χ2v) is 5.96. The second kappa shape index (κ2) is 8.40. The van der Waals surface area contributed by atoms with Crippen LogP contribution in [0.3, 0.4) is 0 Å². The van der Waals surface area contributed by atoms with E-state index < -0.39 is 0 Å². The number of hydrogen-bond donors (Lipinski definition) is 1. The SMILES string of the molecule is COCCCNC(=O)c1ccc(-c2nnc(-c3cccc(C)c3)o2)cc1. The van der Waals surface area contributed by atoms with Crippen LogP contribution in [0.15, 0.2) is 52.9 Å². The van der Waals surface area contributed by atoms with Gasteiger partial charge in [0.2, 0.25) is 11.8 Å². The Morgan fingerprint density at radius 3 is 2.50 bits per heavy atom. The number of aromatic nitrogens is 2.